The van der Waals surface area contributed by atoms with Gasteiger partial charge in [0.25, 0.3) is 0 Å². The van der Waals surface area contributed by atoms with Crippen molar-refractivity contribution >= 4 is 17.1 Å². The Morgan fingerprint density at radius 2 is 1.96 bits per heavy atom. The van der Waals surface area contributed by atoms with Crippen LogP contribution in [0.3, 0.4) is 0 Å². The number of amides is 1. The van der Waals surface area contributed by atoms with Crippen LogP contribution in [0.5, 0.6) is 0 Å². The summed E-state index contributed by atoms with van der Waals surface area (Å²) in [5, 5.41) is 8.70. The van der Waals surface area contributed by atoms with Crippen LogP contribution in [0.4, 0.5) is 4.79 Å². The normalized spacial score (nSPS) is 18.7. The van der Waals surface area contributed by atoms with Crippen LogP contribution < -0.4 is 0 Å². The van der Waals surface area contributed by atoms with E-state index in [-0.39, 0.29) is 18.3 Å². The minimum absolute atomic E-state index is 0.0751. The summed E-state index contributed by atoms with van der Waals surface area (Å²) >= 11 is 0. The highest BCUT2D eigenvalue weighted by atomic mass is 16.6. The van der Waals surface area contributed by atoms with Crippen molar-refractivity contribution in [3.05, 3.63) is 24.3 Å². The molecule has 6 nitrogen and oxygen atoms in total. The number of hydrogen-bond acceptors (Lipinski definition) is 4. The minimum Gasteiger partial charge on any atom is -0.447 e. The first-order valence-corrected chi connectivity index (χ1v) is 9.88. The molecule has 2 aromatic rings. The molecule has 6 heteroatoms. The van der Waals surface area contributed by atoms with Crippen LogP contribution in [0.1, 0.15) is 65.5 Å². The first-order chi connectivity index (χ1) is 12.6. The summed E-state index contributed by atoms with van der Waals surface area (Å²) in [6, 6.07) is 8.00. The maximum Gasteiger partial charge on any atom is 0.411 e. The molecule has 1 amide bonds. The summed E-state index contributed by atoms with van der Waals surface area (Å²) in [5.74, 6) is 0.332. The number of rotatable bonds is 9. The Kier molecular flexibility index (Phi) is 6.12. The zero-order valence-corrected chi connectivity index (χ0v) is 16.1. The predicted molar refractivity (Wildman–Crippen MR) is 102 cm³/mol. The second kappa shape index (κ2) is 8.52. The SMILES string of the molecule is CCCCCCCC(N1C(=O)OC[C@@H]1C(C)C)n1nnc2ccccc21. The fraction of sp³-hybridized carbons (Fsp3) is 0.650. The van der Waals surface area contributed by atoms with Crippen molar-refractivity contribution in [3.63, 3.8) is 0 Å². The van der Waals surface area contributed by atoms with Crippen molar-refractivity contribution in [2.45, 2.75) is 71.5 Å². The summed E-state index contributed by atoms with van der Waals surface area (Å²) in [5.41, 5.74) is 1.82. The number of nitrogens with zero attached hydrogens (tertiary/aromatic N) is 4. The standard InChI is InChI=1S/C20H30N4O2/c1-4-5-6-7-8-13-19(23-18(15(2)3)14-26-20(23)25)24-17-12-10-9-11-16(17)21-22-24/h9-12,15,18-19H,4-8,13-14H2,1-3H3/t18-,19?/m1/s1. The van der Waals surface area contributed by atoms with Crippen molar-refractivity contribution in [3.8, 4) is 0 Å². The first-order valence-electron chi connectivity index (χ1n) is 9.88. The van der Waals surface area contributed by atoms with Gasteiger partial charge in [0.15, 0.2) is 0 Å². The van der Waals surface area contributed by atoms with Crippen molar-refractivity contribution in [2.24, 2.45) is 5.92 Å². The Morgan fingerprint density at radius 1 is 1.19 bits per heavy atom. The number of ether oxygens (including phenoxy) is 1. The van der Waals surface area contributed by atoms with E-state index >= 15 is 0 Å². The van der Waals surface area contributed by atoms with E-state index in [0.29, 0.717) is 12.5 Å². The van der Waals surface area contributed by atoms with Gasteiger partial charge in [0.05, 0.1) is 11.6 Å². The highest BCUT2D eigenvalue weighted by Crippen LogP contribution is 2.32. The Balaban J connectivity index is 1.87. The lowest BCUT2D eigenvalue weighted by atomic mass is 10.0. The molecule has 0 saturated carbocycles. The van der Waals surface area contributed by atoms with Crippen LogP contribution in [0.15, 0.2) is 24.3 Å². The van der Waals surface area contributed by atoms with Gasteiger partial charge in [0.1, 0.15) is 18.3 Å². The third kappa shape index (κ3) is 3.84. The van der Waals surface area contributed by atoms with E-state index in [2.05, 4.69) is 31.1 Å². The molecule has 142 valence electrons. The van der Waals surface area contributed by atoms with Crippen LogP contribution >= 0.6 is 0 Å². The zero-order chi connectivity index (χ0) is 18.5. The first kappa shape index (κ1) is 18.7. The molecule has 1 aliphatic rings. The molecule has 1 fully saturated rings. The Bertz CT molecular complexity index is 727. The topological polar surface area (TPSA) is 60.2 Å². The molecule has 1 aromatic heterocycles. The highest BCUT2D eigenvalue weighted by Gasteiger charge is 2.41. The second-order valence-electron chi connectivity index (χ2n) is 7.50. The fourth-order valence-corrected chi connectivity index (χ4v) is 3.72. The molecule has 1 aromatic carbocycles. The van der Waals surface area contributed by atoms with E-state index < -0.39 is 0 Å². The van der Waals surface area contributed by atoms with Crippen molar-refractivity contribution < 1.29 is 9.53 Å². The van der Waals surface area contributed by atoms with Gasteiger partial charge in [-0.1, -0.05) is 63.8 Å². The summed E-state index contributed by atoms with van der Waals surface area (Å²) in [6.45, 7) is 6.95. The lowest BCUT2D eigenvalue weighted by molar-refractivity contribution is 0.101. The summed E-state index contributed by atoms with van der Waals surface area (Å²) in [4.78, 5) is 14.4. The quantitative estimate of drug-likeness (QED) is 0.606. The number of carbonyl (C=O) groups excluding carboxylic acids is 1. The van der Waals surface area contributed by atoms with Gasteiger partial charge in [-0.15, -0.1) is 5.10 Å². The Labute approximate surface area is 155 Å². The molecule has 2 heterocycles. The molecule has 2 atom stereocenters. The number of benzene rings is 1. The monoisotopic (exact) mass is 358 g/mol. The van der Waals surface area contributed by atoms with Crippen LogP contribution in [0.25, 0.3) is 11.0 Å². The van der Waals surface area contributed by atoms with Gasteiger partial charge in [-0.2, -0.15) is 0 Å². The van der Waals surface area contributed by atoms with Gasteiger partial charge < -0.3 is 4.74 Å². The molecule has 1 unspecified atom stereocenters. The number of unbranched alkanes of at least 4 members (excludes halogenated alkanes) is 4. The van der Waals surface area contributed by atoms with Crippen LogP contribution in [0.2, 0.25) is 0 Å². The molecule has 26 heavy (non-hydrogen) atoms. The molecule has 0 N–H and O–H groups in total. The third-order valence-electron chi connectivity index (χ3n) is 5.26. The maximum atomic E-state index is 12.5. The summed E-state index contributed by atoms with van der Waals surface area (Å²) in [7, 11) is 0. The van der Waals surface area contributed by atoms with Gasteiger partial charge in [-0.3, -0.25) is 4.90 Å². The average molecular weight is 358 g/mol. The molecule has 1 saturated heterocycles. The number of para-hydroxylation sites is 1. The van der Waals surface area contributed by atoms with Crippen LogP contribution in [0, 0.1) is 5.92 Å². The number of hydrogen-bond donors (Lipinski definition) is 0. The third-order valence-corrected chi connectivity index (χ3v) is 5.26. The van der Waals surface area contributed by atoms with Crippen molar-refractivity contribution in [1.82, 2.24) is 19.9 Å². The van der Waals surface area contributed by atoms with E-state index in [4.69, 9.17) is 4.74 Å². The van der Waals surface area contributed by atoms with Crippen LogP contribution in [-0.2, 0) is 4.74 Å². The van der Waals surface area contributed by atoms with Gasteiger partial charge >= 0.3 is 6.09 Å². The summed E-state index contributed by atoms with van der Waals surface area (Å²) < 4.78 is 7.31. The Morgan fingerprint density at radius 3 is 2.73 bits per heavy atom. The molecule has 0 radical (unpaired) electrons. The predicted octanol–water partition coefficient (Wildman–Crippen LogP) is 4.77. The van der Waals surface area contributed by atoms with Crippen LogP contribution in [-0.4, -0.2) is 38.6 Å². The van der Waals surface area contributed by atoms with Crippen molar-refractivity contribution in [2.75, 3.05) is 6.61 Å². The highest BCUT2D eigenvalue weighted by molar-refractivity contribution is 5.75. The van der Waals surface area contributed by atoms with E-state index in [1.807, 2.05) is 33.8 Å². The molecule has 1 aliphatic heterocycles. The van der Waals surface area contributed by atoms with E-state index in [1.54, 1.807) is 0 Å². The van der Waals surface area contributed by atoms with Gasteiger partial charge in [0.2, 0.25) is 0 Å². The van der Waals surface area contributed by atoms with E-state index in [0.717, 1.165) is 23.9 Å². The fourth-order valence-electron chi connectivity index (χ4n) is 3.72. The van der Waals surface area contributed by atoms with Gasteiger partial charge in [0, 0.05) is 0 Å². The minimum atomic E-state index is -0.234. The lowest BCUT2D eigenvalue weighted by Crippen LogP contribution is -2.42. The number of fused-ring (bicyclic) bond motifs is 1. The molecular weight excluding hydrogens is 328 g/mol. The van der Waals surface area contributed by atoms with Gasteiger partial charge in [-0.05, 0) is 30.9 Å². The number of cyclic esters (lactones) is 1. The lowest BCUT2D eigenvalue weighted by Gasteiger charge is -2.32. The summed E-state index contributed by atoms with van der Waals surface area (Å²) in [6.07, 6.45) is 6.45. The molecule has 3 rings (SSSR count). The van der Waals surface area contributed by atoms with Gasteiger partial charge in [-0.25, -0.2) is 9.48 Å². The number of aromatic nitrogens is 3. The molecule has 0 aliphatic carbocycles. The smallest absolute Gasteiger partial charge is 0.411 e. The van der Waals surface area contributed by atoms with E-state index in [9.17, 15) is 4.79 Å². The average Bonchev–Trinajstić information content (AvgIpc) is 3.22. The largest absolute Gasteiger partial charge is 0.447 e. The molecule has 0 bridgehead atoms. The van der Waals surface area contributed by atoms with E-state index in [1.165, 1.54) is 25.7 Å². The zero-order valence-electron chi connectivity index (χ0n) is 16.1. The van der Waals surface area contributed by atoms with Crippen molar-refractivity contribution in [1.29, 1.82) is 0 Å². The molecular formula is C20H30N4O2. The Hall–Kier alpha value is -2.11. The second-order valence-corrected chi connectivity index (χ2v) is 7.50. The maximum absolute atomic E-state index is 12.5. The number of carbonyl (C=O) groups is 1. The molecule has 0 spiro atoms.